The van der Waals surface area contributed by atoms with Crippen LogP contribution in [0, 0.1) is 17.5 Å². The predicted molar refractivity (Wildman–Crippen MR) is 74.8 cm³/mol. The summed E-state index contributed by atoms with van der Waals surface area (Å²) in [5.41, 5.74) is -0.751. The molecule has 2 aromatic carbocycles. The van der Waals surface area contributed by atoms with Crippen LogP contribution in [0.25, 0.3) is 0 Å². The van der Waals surface area contributed by atoms with E-state index < -0.39 is 35.1 Å². The molecule has 7 heteroatoms. The van der Waals surface area contributed by atoms with E-state index >= 15 is 0 Å². The largest absolute Gasteiger partial charge is 0.479 e. The monoisotopic (exact) mass is 326 g/mol. The molecule has 0 spiro atoms. The molecule has 23 heavy (non-hydrogen) atoms. The van der Waals surface area contributed by atoms with E-state index in [1.165, 1.54) is 19.1 Å². The van der Waals surface area contributed by atoms with Gasteiger partial charge in [-0.2, -0.15) is 0 Å². The fourth-order valence-electron chi connectivity index (χ4n) is 1.94. The maximum atomic E-state index is 14.4. The van der Waals surface area contributed by atoms with Crippen molar-refractivity contribution in [2.45, 2.75) is 13.0 Å². The minimum atomic E-state index is -1.79. The lowest BCUT2D eigenvalue weighted by molar-refractivity contribution is -0.151. The quantitative estimate of drug-likeness (QED) is 0.870. The summed E-state index contributed by atoms with van der Waals surface area (Å²) in [6.45, 7) is 1.46. The Bertz CT molecular complexity index is 701. The number of aliphatic carboxylic acids is 1. The van der Waals surface area contributed by atoms with Gasteiger partial charge in [0, 0.05) is 6.61 Å². The molecule has 0 bridgehead atoms. The van der Waals surface area contributed by atoms with Gasteiger partial charge in [0.1, 0.15) is 17.4 Å². The number of carboxylic acids is 1. The minimum Gasteiger partial charge on any atom is -0.479 e. The second kappa shape index (κ2) is 7.15. The van der Waals surface area contributed by atoms with Crippen LogP contribution in [0.5, 0.6) is 11.5 Å². The van der Waals surface area contributed by atoms with Crippen LogP contribution >= 0.6 is 0 Å². The predicted octanol–water partition coefficient (Wildman–Crippen LogP) is 4.06. The van der Waals surface area contributed by atoms with Crippen molar-refractivity contribution in [3.05, 3.63) is 59.4 Å². The van der Waals surface area contributed by atoms with E-state index in [1.807, 2.05) is 0 Å². The summed E-state index contributed by atoms with van der Waals surface area (Å²) in [6, 6.07) is 6.63. The van der Waals surface area contributed by atoms with Gasteiger partial charge in [-0.15, -0.1) is 0 Å². The lowest BCUT2D eigenvalue weighted by Gasteiger charge is -2.16. The molecule has 1 atom stereocenters. The average molecular weight is 326 g/mol. The topological polar surface area (TPSA) is 55.8 Å². The Labute approximate surface area is 130 Å². The van der Waals surface area contributed by atoms with E-state index in [2.05, 4.69) is 0 Å². The first-order valence-corrected chi connectivity index (χ1v) is 6.69. The first-order valence-electron chi connectivity index (χ1n) is 6.69. The molecule has 4 nitrogen and oxygen atoms in total. The van der Waals surface area contributed by atoms with Gasteiger partial charge in [-0.3, -0.25) is 0 Å². The number of benzene rings is 2. The van der Waals surface area contributed by atoms with Crippen LogP contribution < -0.4 is 4.74 Å². The fraction of sp³-hybridized carbons (Fsp3) is 0.188. The van der Waals surface area contributed by atoms with E-state index in [0.29, 0.717) is 0 Å². The van der Waals surface area contributed by atoms with Crippen molar-refractivity contribution in [1.29, 1.82) is 0 Å². The van der Waals surface area contributed by atoms with Crippen LogP contribution in [-0.2, 0) is 9.53 Å². The van der Waals surface area contributed by atoms with Crippen LogP contribution in [0.2, 0.25) is 0 Å². The van der Waals surface area contributed by atoms with E-state index in [9.17, 15) is 18.0 Å². The maximum absolute atomic E-state index is 14.4. The Morgan fingerprint density at radius 1 is 1.13 bits per heavy atom. The van der Waals surface area contributed by atoms with Gasteiger partial charge >= 0.3 is 5.97 Å². The summed E-state index contributed by atoms with van der Waals surface area (Å²) in [5, 5.41) is 9.08. The Kier molecular flexibility index (Phi) is 5.23. The summed E-state index contributed by atoms with van der Waals surface area (Å²) >= 11 is 0. The van der Waals surface area contributed by atoms with Gasteiger partial charge in [-0.1, -0.05) is 0 Å². The van der Waals surface area contributed by atoms with Crippen LogP contribution in [-0.4, -0.2) is 17.7 Å². The van der Waals surface area contributed by atoms with Crippen molar-refractivity contribution in [1.82, 2.24) is 0 Å². The third kappa shape index (κ3) is 3.81. The highest BCUT2D eigenvalue weighted by Gasteiger charge is 2.29. The van der Waals surface area contributed by atoms with E-state index in [-0.39, 0.29) is 18.1 Å². The average Bonchev–Trinajstić information content (AvgIpc) is 2.51. The van der Waals surface area contributed by atoms with Gasteiger partial charge in [0.05, 0.1) is 5.56 Å². The molecule has 1 unspecified atom stereocenters. The van der Waals surface area contributed by atoms with Crippen molar-refractivity contribution >= 4 is 5.97 Å². The maximum Gasteiger partial charge on any atom is 0.337 e. The van der Waals surface area contributed by atoms with Crippen molar-refractivity contribution in [2.24, 2.45) is 0 Å². The van der Waals surface area contributed by atoms with Crippen LogP contribution in [0.3, 0.4) is 0 Å². The molecule has 0 heterocycles. The summed E-state index contributed by atoms with van der Waals surface area (Å²) in [4.78, 5) is 11.2. The number of hydrogen-bond donors (Lipinski definition) is 1. The summed E-state index contributed by atoms with van der Waals surface area (Å²) in [6.07, 6.45) is -1.79. The highest BCUT2D eigenvalue weighted by molar-refractivity contribution is 5.74. The molecule has 0 amide bonds. The Balaban J connectivity index is 2.41. The lowest BCUT2D eigenvalue weighted by Crippen LogP contribution is -2.18. The lowest BCUT2D eigenvalue weighted by atomic mass is 10.1. The van der Waals surface area contributed by atoms with E-state index in [4.69, 9.17) is 14.6 Å². The van der Waals surface area contributed by atoms with Crippen molar-refractivity contribution in [2.75, 3.05) is 6.61 Å². The third-order valence-electron chi connectivity index (χ3n) is 2.95. The van der Waals surface area contributed by atoms with E-state index in [0.717, 1.165) is 24.3 Å². The molecular formula is C16H13F3O4. The first kappa shape index (κ1) is 16.8. The molecule has 0 saturated carbocycles. The number of halogens is 3. The third-order valence-corrected chi connectivity index (χ3v) is 2.95. The molecule has 122 valence electrons. The molecule has 0 aliphatic rings. The standard InChI is InChI=1S/C16H13F3O4/c1-2-22-15(16(20)21)13-11(18)7-8-12(14(13)19)23-10-5-3-9(17)4-6-10/h3-8,15H,2H2,1H3,(H,20,21). The van der Waals surface area contributed by atoms with E-state index in [1.54, 1.807) is 0 Å². The molecular weight excluding hydrogens is 313 g/mol. The summed E-state index contributed by atoms with van der Waals surface area (Å²) in [7, 11) is 0. The summed E-state index contributed by atoms with van der Waals surface area (Å²) in [5.74, 6) is -4.54. The second-order valence-corrected chi connectivity index (χ2v) is 4.50. The Hall–Kier alpha value is -2.54. The van der Waals surface area contributed by atoms with Crippen LogP contribution in [0.4, 0.5) is 13.2 Å². The molecule has 1 N–H and O–H groups in total. The van der Waals surface area contributed by atoms with Gasteiger partial charge in [-0.05, 0) is 43.3 Å². The van der Waals surface area contributed by atoms with Gasteiger partial charge in [0.15, 0.2) is 17.7 Å². The Morgan fingerprint density at radius 3 is 2.35 bits per heavy atom. The van der Waals surface area contributed by atoms with Gasteiger partial charge < -0.3 is 14.6 Å². The number of hydrogen-bond acceptors (Lipinski definition) is 3. The molecule has 0 fully saturated rings. The first-order chi connectivity index (χ1) is 10.9. The molecule has 0 aliphatic carbocycles. The summed E-state index contributed by atoms with van der Waals surface area (Å²) < 4.78 is 51.3. The SMILES string of the molecule is CCOC(C(=O)O)c1c(F)ccc(Oc2ccc(F)cc2)c1F. The molecule has 2 rings (SSSR count). The van der Waals surface area contributed by atoms with Crippen LogP contribution in [0.15, 0.2) is 36.4 Å². The number of rotatable bonds is 6. The molecule has 0 aliphatic heterocycles. The normalized spacial score (nSPS) is 12.0. The second-order valence-electron chi connectivity index (χ2n) is 4.50. The zero-order chi connectivity index (χ0) is 17.0. The van der Waals surface area contributed by atoms with Gasteiger partial charge in [-0.25, -0.2) is 18.0 Å². The molecule has 0 radical (unpaired) electrons. The highest BCUT2D eigenvalue weighted by atomic mass is 19.1. The fourth-order valence-corrected chi connectivity index (χ4v) is 1.94. The van der Waals surface area contributed by atoms with Crippen molar-refractivity contribution in [3.8, 4) is 11.5 Å². The smallest absolute Gasteiger partial charge is 0.337 e. The Morgan fingerprint density at radius 2 is 1.78 bits per heavy atom. The molecule has 2 aromatic rings. The minimum absolute atomic E-state index is 0.0428. The zero-order valence-corrected chi connectivity index (χ0v) is 12.1. The van der Waals surface area contributed by atoms with Crippen molar-refractivity contribution < 1.29 is 32.5 Å². The molecule has 0 saturated heterocycles. The van der Waals surface area contributed by atoms with Crippen molar-refractivity contribution in [3.63, 3.8) is 0 Å². The van der Waals surface area contributed by atoms with Gasteiger partial charge in [0.25, 0.3) is 0 Å². The number of ether oxygens (including phenoxy) is 2. The molecule has 0 aromatic heterocycles. The number of carbonyl (C=O) groups is 1. The zero-order valence-electron chi connectivity index (χ0n) is 12.1. The number of carboxylic acid groups (broad SMARTS) is 1. The van der Waals surface area contributed by atoms with Crippen LogP contribution in [0.1, 0.15) is 18.6 Å². The highest BCUT2D eigenvalue weighted by Crippen LogP contribution is 2.32. The van der Waals surface area contributed by atoms with Gasteiger partial charge in [0.2, 0.25) is 0 Å².